The maximum atomic E-state index is 10.1. The summed E-state index contributed by atoms with van der Waals surface area (Å²) in [6, 6.07) is 0. The Kier molecular flexibility index (Phi) is 3.12. The number of fused-ring (bicyclic) bond motifs is 1. The van der Waals surface area contributed by atoms with E-state index in [0.29, 0.717) is 11.5 Å². The minimum Gasteiger partial charge on any atom is -0.394 e. The minimum absolute atomic E-state index is 0.154. The molecule has 0 radical (unpaired) electrons. The molecular formula is C13H18N4O3. The number of anilines is 1. The van der Waals surface area contributed by atoms with Gasteiger partial charge >= 0.3 is 0 Å². The number of nitrogen functional groups attached to an aromatic ring is 1. The quantitative estimate of drug-likeness (QED) is 0.725. The molecule has 0 amide bonds. The van der Waals surface area contributed by atoms with Crippen LogP contribution in [0.25, 0.3) is 11.0 Å². The van der Waals surface area contributed by atoms with Crippen molar-refractivity contribution in [1.29, 1.82) is 0 Å². The lowest BCUT2D eigenvalue weighted by atomic mass is 10.0. The first kappa shape index (κ1) is 13.3. The normalized spacial score (nSPS) is 30.2. The fourth-order valence-corrected chi connectivity index (χ4v) is 2.85. The van der Waals surface area contributed by atoms with Gasteiger partial charge in [-0.1, -0.05) is 6.92 Å². The van der Waals surface area contributed by atoms with Crippen molar-refractivity contribution < 1.29 is 14.9 Å². The number of aliphatic hydroxyl groups is 2. The Labute approximate surface area is 116 Å². The summed E-state index contributed by atoms with van der Waals surface area (Å²) in [4.78, 5) is 8.26. The molecule has 20 heavy (non-hydrogen) atoms. The van der Waals surface area contributed by atoms with E-state index in [0.717, 1.165) is 10.9 Å². The Bertz CT molecular complexity index is 642. The number of nitrogens with zero attached hydrogens (tertiary/aromatic N) is 3. The molecule has 3 rings (SSSR count). The van der Waals surface area contributed by atoms with Crippen LogP contribution in [-0.2, 0) is 4.74 Å². The zero-order valence-electron chi connectivity index (χ0n) is 11.4. The van der Waals surface area contributed by atoms with Crippen LogP contribution in [0.3, 0.4) is 0 Å². The number of nitrogens with two attached hydrogens (primary N) is 1. The highest BCUT2D eigenvalue weighted by Crippen LogP contribution is 2.37. The van der Waals surface area contributed by atoms with Crippen LogP contribution in [0.15, 0.2) is 12.5 Å². The maximum absolute atomic E-state index is 10.1. The van der Waals surface area contributed by atoms with Gasteiger partial charge in [0.1, 0.15) is 30.1 Å². The monoisotopic (exact) mass is 278 g/mol. The van der Waals surface area contributed by atoms with Crippen molar-refractivity contribution in [2.45, 2.75) is 32.3 Å². The fraction of sp³-hybridized carbons (Fsp3) is 0.538. The van der Waals surface area contributed by atoms with Gasteiger partial charge in [0.15, 0.2) is 0 Å². The van der Waals surface area contributed by atoms with Crippen LogP contribution in [0.1, 0.15) is 18.7 Å². The van der Waals surface area contributed by atoms with Crippen LogP contribution in [0, 0.1) is 12.8 Å². The predicted octanol–water partition coefficient (Wildman–Crippen LogP) is 0.209. The van der Waals surface area contributed by atoms with Gasteiger partial charge in [-0.2, -0.15) is 0 Å². The number of aryl methyl sites for hydroxylation is 1. The van der Waals surface area contributed by atoms with Gasteiger partial charge in [-0.3, -0.25) is 0 Å². The number of hydrogen-bond acceptors (Lipinski definition) is 6. The van der Waals surface area contributed by atoms with E-state index >= 15 is 0 Å². The van der Waals surface area contributed by atoms with Gasteiger partial charge in [0, 0.05) is 12.1 Å². The lowest BCUT2D eigenvalue weighted by Gasteiger charge is -2.18. The van der Waals surface area contributed by atoms with Crippen molar-refractivity contribution in [3.05, 3.63) is 18.1 Å². The maximum Gasteiger partial charge on any atom is 0.147 e. The van der Waals surface area contributed by atoms with E-state index in [2.05, 4.69) is 9.97 Å². The molecule has 7 nitrogen and oxygen atoms in total. The molecule has 0 spiro atoms. The molecule has 0 unspecified atom stereocenters. The predicted molar refractivity (Wildman–Crippen MR) is 72.8 cm³/mol. The van der Waals surface area contributed by atoms with E-state index in [1.54, 1.807) is 0 Å². The summed E-state index contributed by atoms with van der Waals surface area (Å²) in [5.41, 5.74) is 7.52. The van der Waals surface area contributed by atoms with Crippen LogP contribution in [0.5, 0.6) is 0 Å². The summed E-state index contributed by atoms with van der Waals surface area (Å²) in [6.45, 7) is 3.60. The minimum atomic E-state index is -0.707. The standard InChI is InChI=1S/C13H18N4O3/c1-6-3-17(12-9(6)11(14)15-5-16-12)13-7(2)10(19)8(4-18)20-13/h3,5,7-8,10,13,18-19H,4H2,1-2H3,(H2,14,15,16)/t7-,8+,10-,13+/m0/s1. The number of ether oxygens (including phenoxy) is 1. The van der Waals surface area contributed by atoms with Crippen molar-refractivity contribution in [3.63, 3.8) is 0 Å². The van der Waals surface area contributed by atoms with E-state index in [1.165, 1.54) is 6.33 Å². The van der Waals surface area contributed by atoms with Crippen molar-refractivity contribution in [2.75, 3.05) is 12.3 Å². The Morgan fingerprint density at radius 2 is 2.20 bits per heavy atom. The smallest absolute Gasteiger partial charge is 0.147 e. The molecule has 1 fully saturated rings. The highest BCUT2D eigenvalue weighted by atomic mass is 16.5. The third-order valence-corrected chi connectivity index (χ3v) is 3.97. The zero-order valence-corrected chi connectivity index (χ0v) is 11.4. The summed E-state index contributed by atoms with van der Waals surface area (Å²) in [5, 5.41) is 20.1. The van der Waals surface area contributed by atoms with E-state index < -0.39 is 12.2 Å². The molecule has 0 aliphatic carbocycles. The molecule has 0 bridgehead atoms. The first-order valence-electron chi connectivity index (χ1n) is 6.56. The van der Waals surface area contributed by atoms with Gasteiger partial charge in [-0.15, -0.1) is 0 Å². The second-order valence-electron chi connectivity index (χ2n) is 5.27. The number of aliphatic hydroxyl groups excluding tert-OH is 2. The number of rotatable bonds is 2. The van der Waals surface area contributed by atoms with Gasteiger partial charge in [0.05, 0.1) is 18.1 Å². The second-order valence-corrected chi connectivity index (χ2v) is 5.27. The topological polar surface area (TPSA) is 106 Å². The highest BCUT2D eigenvalue weighted by molar-refractivity contribution is 5.89. The third kappa shape index (κ3) is 1.78. The van der Waals surface area contributed by atoms with Crippen LogP contribution in [0.4, 0.5) is 5.82 Å². The molecule has 0 saturated carbocycles. The lowest BCUT2D eigenvalue weighted by Crippen LogP contribution is -2.28. The average Bonchev–Trinajstić information content (AvgIpc) is 2.90. The van der Waals surface area contributed by atoms with Crippen LogP contribution < -0.4 is 5.73 Å². The van der Waals surface area contributed by atoms with Crippen molar-refractivity contribution in [3.8, 4) is 0 Å². The van der Waals surface area contributed by atoms with Crippen molar-refractivity contribution in [2.24, 2.45) is 5.92 Å². The van der Waals surface area contributed by atoms with Gasteiger partial charge in [-0.05, 0) is 12.5 Å². The molecule has 2 aromatic rings. The molecule has 1 saturated heterocycles. The molecule has 0 aromatic carbocycles. The van der Waals surface area contributed by atoms with E-state index in [-0.39, 0.29) is 18.8 Å². The molecule has 1 aliphatic heterocycles. The summed E-state index contributed by atoms with van der Waals surface area (Å²) >= 11 is 0. The first-order chi connectivity index (χ1) is 9.54. The van der Waals surface area contributed by atoms with Gasteiger partial charge < -0.3 is 25.3 Å². The number of aromatic nitrogens is 3. The summed E-state index contributed by atoms with van der Waals surface area (Å²) in [7, 11) is 0. The Morgan fingerprint density at radius 3 is 2.85 bits per heavy atom. The molecule has 4 atom stereocenters. The lowest BCUT2D eigenvalue weighted by molar-refractivity contribution is -0.0445. The van der Waals surface area contributed by atoms with Crippen molar-refractivity contribution in [1.82, 2.24) is 14.5 Å². The Morgan fingerprint density at radius 1 is 1.45 bits per heavy atom. The van der Waals surface area contributed by atoms with Gasteiger partial charge in [0.25, 0.3) is 0 Å². The van der Waals surface area contributed by atoms with Gasteiger partial charge in [-0.25, -0.2) is 9.97 Å². The molecule has 108 valence electrons. The van der Waals surface area contributed by atoms with Crippen LogP contribution >= 0.6 is 0 Å². The van der Waals surface area contributed by atoms with Crippen LogP contribution in [0.2, 0.25) is 0 Å². The first-order valence-corrected chi connectivity index (χ1v) is 6.56. The molecule has 1 aliphatic rings. The summed E-state index contributed by atoms with van der Waals surface area (Å²) in [6.07, 6.45) is 1.64. The molecule has 2 aromatic heterocycles. The molecule has 7 heteroatoms. The van der Waals surface area contributed by atoms with Crippen LogP contribution in [-0.4, -0.2) is 43.6 Å². The van der Waals surface area contributed by atoms with E-state index in [1.807, 2.05) is 24.6 Å². The average molecular weight is 278 g/mol. The number of hydrogen-bond donors (Lipinski definition) is 3. The second kappa shape index (κ2) is 4.69. The Hall–Kier alpha value is -1.70. The van der Waals surface area contributed by atoms with Gasteiger partial charge in [0.2, 0.25) is 0 Å². The van der Waals surface area contributed by atoms with Crippen molar-refractivity contribution >= 4 is 16.9 Å². The molecule has 3 heterocycles. The summed E-state index contributed by atoms with van der Waals surface area (Å²) < 4.78 is 7.60. The zero-order chi connectivity index (χ0) is 14.4. The molecule has 4 N–H and O–H groups in total. The fourth-order valence-electron chi connectivity index (χ4n) is 2.85. The largest absolute Gasteiger partial charge is 0.394 e. The third-order valence-electron chi connectivity index (χ3n) is 3.97. The molecular weight excluding hydrogens is 260 g/mol. The van der Waals surface area contributed by atoms with E-state index in [9.17, 15) is 10.2 Å². The SMILES string of the molecule is Cc1cn([C@@H]2O[C@H](CO)[C@@H](O)[C@@H]2C)c2ncnc(N)c12. The highest BCUT2D eigenvalue weighted by Gasteiger charge is 2.42. The summed E-state index contributed by atoms with van der Waals surface area (Å²) in [5.74, 6) is 0.273. The van der Waals surface area contributed by atoms with E-state index in [4.69, 9.17) is 10.5 Å². The Balaban J connectivity index is 2.10.